The molecule has 3 N–H and O–H groups in total. The van der Waals surface area contributed by atoms with Crippen molar-refractivity contribution >= 4 is 17.6 Å². The molecule has 114 valence electrons. The monoisotopic (exact) mass is 304 g/mol. The van der Waals surface area contributed by atoms with Crippen molar-refractivity contribution in [1.82, 2.24) is 14.5 Å². The summed E-state index contributed by atoms with van der Waals surface area (Å²) in [5.74, 6) is -1.84. The van der Waals surface area contributed by atoms with Crippen LogP contribution in [0.1, 0.15) is 20.7 Å². The number of H-pyrrole nitrogens is 1. The van der Waals surface area contributed by atoms with Gasteiger partial charge in [0.05, 0.1) is 5.56 Å². The highest BCUT2D eigenvalue weighted by molar-refractivity contribution is 6.02. The first-order valence-electron chi connectivity index (χ1n) is 6.11. The van der Waals surface area contributed by atoms with Gasteiger partial charge in [-0.3, -0.25) is 24.1 Å². The molecule has 0 radical (unpaired) electrons. The lowest BCUT2D eigenvalue weighted by atomic mass is 10.2. The van der Waals surface area contributed by atoms with E-state index in [0.717, 1.165) is 4.57 Å². The molecule has 0 bridgehead atoms. The van der Waals surface area contributed by atoms with Crippen molar-refractivity contribution < 1.29 is 14.3 Å². The number of nitrogens with zero attached hydrogens (tertiary/aromatic N) is 2. The van der Waals surface area contributed by atoms with E-state index < -0.39 is 35.2 Å². The number of pyridine rings is 1. The number of rotatable bonds is 4. The number of aromatic amines is 1. The molecule has 0 aliphatic carbocycles. The van der Waals surface area contributed by atoms with Gasteiger partial charge in [-0.05, 0) is 12.1 Å². The lowest BCUT2D eigenvalue weighted by Gasteiger charge is -2.08. The SMILES string of the molecule is Cn1c(N)c(C(=O)COC(=O)c2ccncc2)c(=O)[nH]c1=O. The second-order valence-corrected chi connectivity index (χ2v) is 4.31. The Morgan fingerprint density at radius 3 is 2.59 bits per heavy atom. The Kier molecular flexibility index (Phi) is 4.16. The topological polar surface area (TPSA) is 137 Å². The second-order valence-electron chi connectivity index (χ2n) is 4.31. The van der Waals surface area contributed by atoms with Gasteiger partial charge in [0.1, 0.15) is 11.4 Å². The third-order valence-corrected chi connectivity index (χ3v) is 2.90. The van der Waals surface area contributed by atoms with E-state index >= 15 is 0 Å². The van der Waals surface area contributed by atoms with Gasteiger partial charge >= 0.3 is 11.7 Å². The van der Waals surface area contributed by atoms with Crippen LogP contribution in [-0.2, 0) is 11.8 Å². The van der Waals surface area contributed by atoms with Gasteiger partial charge in [0.2, 0.25) is 5.78 Å². The van der Waals surface area contributed by atoms with Crippen LogP contribution >= 0.6 is 0 Å². The predicted octanol–water partition coefficient (Wildman–Crippen LogP) is -0.909. The largest absolute Gasteiger partial charge is 0.454 e. The van der Waals surface area contributed by atoms with Gasteiger partial charge in [-0.2, -0.15) is 0 Å². The number of hydrogen-bond donors (Lipinski definition) is 2. The van der Waals surface area contributed by atoms with Gasteiger partial charge in [0, 0.05) is 19.4 Å². The molecule has 0 atom stereocenters. The van der Waals surface area contributed by atoms with E-state index in [2.05, 4.69) is 4.98 Å². The van der Waals surface area contributed by atoms with Gasteiger partial charge in [-0.15, -0.1) is 0 Å². The molecule has 9 nitrogen and oxygen atoms in total. The average molecular weight is 304 g/mol. The summed E-state index contributed by atoms with van der Waals surface area (Å²) in [6.07, 6.45) is 2.79. The molecule has 0 saturated heterocycles. The van der Waals surface area contributed by atoms with Crippen molar-refractivity contribution in [2.45, 2.75) is 0 Å². The molecule has 0 aliphatic rings. The van der Waals surface area contributed by atoms with Crippen LogP contribution in [-0.4, -0.2) is 32.9 Å². The van der Waals surface area contributed by atoms with E-state index in [9.17, 15) is 19.2 Å². The first kappa shape index (κ1) is 15.2. The minimum atomic E-state index is -0.925. The van der Waals surface area contributed by atoms with Gasteiger partial charge in [-0.25, -0.2) is 9.59 Å². The summed E-state index contributed by atoms with van der Waals surface area (Å²) in [5.41, 5.74) is 3.69. The van der Waals surface area contributed by atoms with Gasteiger partial charge in [-0.1, -0.05) is 0 Å². The summed E-state index contributed by atoms with van der Waals surface area (Å²) < 4.78 is 5.73. The molecular weight excluding hydrogens is 292 g/mol. The van der Waals surface area contributed by atoms with Crippen LogP contribution in [0.5, 0.6) is 0 Å². The number of esters is 1. The minimum Gasteiger partial charge on any atom is -0.454 e. The standard InChI is InChI=1S/C13H12N4O5/c1-17-10(14)9(11(19)16-13(17)21)8(18)6-22-12(20)7-2-4-15-5-3-7/h2-5H,6,14H2,1H3,(H,16,19,21). The average Bonchev–Trinajstić information content (AvgIpc) is 2.51. The zero-order chi connectivity index (χ0) is 16.3. The number of nitrogens with two attached hydrogens (primary N) is 1. The lowest BCUT2D eigenvalue weighted by Crippen LogP contribution is -2.35. The van der Waals surface area contributed by atoms with Crippen molar-refractivity contribution in [3.63, 3.8) is 0 Å². The van der Waals surface area contributed by atoms with E-state index in [1.54, 1.807) is 0 Å². The fourth-order valence-corrected chi connectivity index (χ4v) is 1.68. The van der Waals surface area contributed by atoms with E-state index in [0.29, 0.717) is 0 Å². The number of aromatic nitrogens is 3. The van der Waals surface area contributed by atoms with Crippen molar-refractivity contribution in [3.8, 4) is 0 Å². The van der Waals surface area contributed by atoms with Crippen molar-refractivity contribution in [1.29, 1.82) is 0 Å². The molecule has 0 saturated carbocycles. The summed E-state index contributed by atoms with van der Waals surface area (Å²) in [6.45, 7) is -0.674. The Labute approximate surface area is 123 Å². The number of ketones is 1. The number of carbonyl (C=O) groups is 2. The highest BCUT2D eigenvalue weighted by atomic mass is 16.5. The quantitative estimate of drug-likeness (QED) is 0.551. The van der Waals surface area contributed by atoms with E-state index in [4.69, 9.17) is 10.5 Å². The number of hydrogen-bond acceptors (Lipinski definition) is 7. The Hall–Kier alpha value is -3.23. The summed E-state index contributed by atoms with van der Waals surface area (Å²) in [4.78, 5) is 52.3. The highest BCUT2D eigenvalue weighted by Gasteiger charge is 2.19. The molecule has 0 spiro atoms. The number of nitrogen functional groups attached to an aromatic ring is 1. The van der Waals surface area contributed by atoms with E-state index in [1.165, 1.54) is 31.6 Å². The second kappa shape index (κ2) is 6.04. The maximum atomic E-state index is 12.0. The Balaban J connectivity index is 2.18. The predicted molar refractivity (Wildman–Crippen MR) is 75.6 cm³/mol. The van der Waals surface area contributed by atoms with E-state index in [1.807, 2.05) is 4.98 Å². The molecule has 0 aromatic carbocycles. The minimum absolute atomic E-state index is 0.213. The molecule has 2 aromatic heterocycles. The summed E-state index contributed by atoms with van der Waals surface area (Å²) in [5, 5.41) is 0. The van der Waals surface area contributed by atoms with Crippen LogP contribution in [0, 0.1) is 0 Å². The third kappa shape index (κ3) is 2.92. The van der Waals surface area contributed by atoms with Crippen LogP contribution in [0.3, 0.4) is 0 Å². The molecule has 2 aromatic rings. The molecule has 22 heavy (non-hydrogen) atoms. The molecular formula is C13H12N4O5. The normalized spacial score (nSPS) is 10.2. The number of nitrogens with one attached hydrogen (secondary N) is 1. The number of anilines is 1. The van der Waals surface area contributed by atoms with Crippen LogP contribution < -0.4 is 17.0 Å². The molecule has 0 amide bonds. The Morgan fingerprint density at radius 1 is 1.32 bits per heavy atom. The Morgan fingerprint density at radius 2 is 1.95 bits per heavy atom. The maximum Gasteiger partial charge on any atom is 0.338 e. The number of carbonyl (C=O) groups excluding carboxylic acids is 2. The van der Waals surface area contributed by atoms with Crippen LogP contribution in [0.4, 0.5) is 5.82 Å². The van der Waals surface area contributed by atoms with Crippen LogP contribution in [0.2, 0.25) is 0 Å². The molecule has 0 fully saturated rings. The number of ether oxygens (including phenoxy) is 1. The summed E-state index contributed by atoms with van der Waals surface area (Å²) in [6, 6.07) is 2.83. The van der Waals surface area contributed by atoms with Crippen molar-refractivity contribution in [2.75, 3.05) is 12.3 Å². The van der Waals surface area contributed by atoms with Gasteiger partial charge < -0.3 is 10.5 Å². The lowest BCUT2D eigenvalue weighted by molar-refractivity contribution is 0.0474. The number of Topliss-reactive ketones (excluding diaryl/α,β-unsaturated/α-hetero) is 1. The van der Waals surface area contributed by atoms with Crippen molar-refractivity contribution in [3.05, 3.63) is 56.5 Å². The smallest absolute Gasteiger partial charge is 0.338 e. The summed E-state index contributed by atoms with van der Waals surface area (Å²) in [7, 11) is 1.30. The van der Waals surface area contributed by atoms with Crippen LogP contribution in [0.25, 0.3) is 0 Å². The van der Waals surface area contributed by atoms with Crippen molar-refractivity contribution in [2.24, 2.45) is 7.05 Å². The first-order valence-corrected chi connectivity index (χ1v) is 6.11. The highest BCUT2D eigenvalue weighted by Crippen LogP contribution is 2.05. The zero-order valence-corrected chi connectivity index (χ0v) is 11.5. The zero-order valence-electron chi connectivity index (χ0n) is 11.5. The molecule has 2 heterocycles. The maximum absolute atomic E-state index is 12.0. The molecule has 9 heteroatoms. The fraction of sp³-hybridized carbons (Fsp3) is 0.154. The fourth-order valence-electron chi connectivity index (χ4n) is 1.68. The molecule has 0 aliphatic heterocycles. The summed E-state index contributed by atoms with van der Waals surface area (Å²) >= 11 is 0. The van der Waals surface area contributed by atoms with Gasteiger partial charge in [0.25, 0.3) is 5.56 Å². The first-order chi connectivity index (χ1) is 10.4. The molecule has 0 unspecified atom stereocenters. The van der Waals surface area contributed by atoms with Gasteiger partial charge in [0.15, 0.2) is 6.61 Å². The Bertz CT molecular complexity index is 838. The van der Waals surface area contributed by atoms with E-state index in [-0.39, 0.29) is 11.4 Å². The van der Waals surface area contributed by atoms with Crippen LogP contribution in [0.15, 0.2) is 34.1 Å². The third-order valence-electron chi connectivity index (χ3n) is 2.90. The molecule has 2 rings (SSSR count).